The van der Waals surface area contributed by atoms with Crippen molar-refractivity contribution >= 4 is 17.6 Å². The van der Waals surface area contributed by atoms with Gasteiger partial charge in [-0.1, -0.05) is 77.9 Å². The number of rotatable bonds is 7. The molecule has 1 aliphatic rings. The third kappa shape index (κ3) is 4.38. The molecule has 0 bridgehead atoms. The zero-order valence-corrected chi connectivity index (χ0v) is 18.7. The highest BCUT2D eigenvalue weighted by Gasteiger charge is 2.31. The molecule has 1 aliphatic heterocycles. The normalized spacial score (nSPS) is 14.8. The smallest absolute Gasteiger partial charge is 0.251 e. The van der Waals surface area contributed by atoms with Gasteiger partial charge in [0.1, 0.15) is 18.3 Å². The summed E-state index contributed by atoms with van der Waals surface area (Å²) in [5.41, 5.74) is 3.89. The van der Waals surface area contributed by atoms with Gasteiger partial charge in [-0.25, -0.2) is 0 Å². The Labute approximate surface area is 197 Å². The summed E-state index contributed by atoms with van der Waals surface area (Å²) in [5, 5.41) is 15.4. The van der Waals surface area contributed by atoms with Crippen molar-refractivity contribution in [3.05, 3.63) is 108 Å². The van der Waals surface area contributed by atoms with Crippen molar-refractivity contribution in [2.75, 3.05) is 18.6 Å². The number of methoxy groups -OCH3 is 1. The number of aromatic nitrogens is 4. The van der Waals surface area contributed by atoms with Crippen LogP contribution >= 0.6 is 0 Å². The molecule has 4 aromatic rings. The van der Waals surface area contributed by atoms with E-state index in [0.29, 0.717) is 12.5 Å². The zero-order valence-electron chi connectivity index (χ0n) is 18.7. The molecule has 0 aliphatic carbocycles. The highest BCUT2D eigenvalue weighted by molar-refractivity contribution is 5.89. The molecule has 1 atom stereocenters. The van der Waals surface area contributed by atoms with Crippen molar-refractivity contribution in [2.45, 2.75) is 12.6 Å². The quantitative estimate of drug-likeness (QED) is 0.462. The predicted octanol–water partition coefficient (Wildman–Crippen LogP) is 3.45. The second-order valence-corrected chi connectivity index (χ2v) is 7.91. The lowest BCUT2D eigenvalue weighted by molar-refractivity contribution is -0.119. The van der Waals surface area contributed by atoms with E-state index in [1.54, 1.807) is 11.8 Å². The Morgan fingerprint density at radius 2 is 1.76 bits per heavy atom. The molecule has 5 rings (SSSR count). The molecule has 8 nitrogen and oxygen atoms in total. The van der Waals surface area contributed by atoms with Gasteiger partial charge in [0.05, 0.1) is 12.8 Å². The van der Waals surface area contributed by atoms with Crippen molar-refractivity contribution < 1.29 is 9.53 Å². The van der Waals surface area contributed by atoms with E-state index in [2.05, 4.69) is 26.9 Å². The van der Waals surface area contributed by atoms with Gasteiger partial charge >= 0.3 is 0 Å². The number of nitrogens with one attached hydrogen (secondary N) is 1. The predicted molar refractivity (Wildman–Crippen MR) is 129 cm³/mol. The van der Waals surface area contributed by atoms with Gasteiger partial charge in [-0.05, 0) is 45.3 Å². The third-order valence-electron chi connectivity index (χ3n) is 5.72. The van der Waals surface area contributed by atoms with Crippen LogP contribution in [0.1, 0.15) is 22.7 Å². The molecule has 0 fully saturated rings. The van der Waals surface area contributed by atoms with E-state index in [1.165, 1.54) is 0 Å². The Morgan fingerprint density at radius 1 is 1.00 bits per heavy atom. The molecule has 1 aromatic heterocycles. The minimum absolute atomic E-state index is 0.0760. The van der Waals surface area contributed by atoms with Crippen molar-refractivity contribution in [3.8, 4) is 5.75 Å². The number of hydrogen-bond donors (Lipinski definition) is 1. The Morgan fingerprint density at radius 3 is 2.53 bits per heavy atom. The number of ether oxygens (including phenoxy) is 1. The van der Waals surface area contributed by atoms with Gasteiger partial charge in [-0.15, -0.1) is 0 Å². The summed E-state index contributed by atoms with van der Waals surface area (Å²) in [6, 6.07) is 27.5. The van der Waals surface area contributed by atoms with Crippen LogP contribution in [0.15, 0.2) is 91.0 Å². The third-order valence-corrected chi connectivity index (χ3v) is 5.72. The Kier molecular flexibility index (Phi) is 6.03. The highest BCUT2D eigenvalue weighted by atomic mass is 16.5. The summed E-state index contributed by atoms with van der Waals surface area (Å²) < 4.78 is 7.02. The van der Waals surface area contributed by atoms with Crippen molar-refractivity contribution in [2.24, 2.45) is 0 Å². The van der Waals surface area contributed by atoms with Crippen LogP contribution in [0, 0.1) is 0 Å². The number of amides is 1. The van der Waals surface area contributed by atoms with Gasteiger partial charge in [0.25, 0.3) is 5.95 Å². The number of hydrogen-bond acceptors (Lipinski definition) is 6. The molecule has 3 aromatic carbocycles. The van der Waals surface area contributed by atoms with Crippen LogP contribution in [0.5, 0.6) is 5.75 Å². The molecule has 1 amide bonds. The first-order chi connectivity index (χ1) is 16.7. The fourth-order valence-corrected chi connectivity index (χ4v) is 4.05. The van der Waals surface area contributed by atoms with Crippen molar-refractivity contribution in [1.29, 1.82) is 0 Å². The van der Waals surface area contributed by atoms with Gasteiger partial charge < -0.3 is 10.1 Å². The average molecular weight is 453 g/mol. The van der Waals surface area contributed by atoms with E-state index in [0.717, 1.165) is 28.1 Å². The molecule has 0 radical (unpaired) electrons. The first kappa shape index (κ1) is 21.4. The fraction of sp³-hybridized carbons (Fsp3) is 0.154. The number of nitrogens with zero attached hydrogens (tertiary/aromatic N) is 5. The van der Waals surface area contributed by atoms with Gasteiger partial charge in [0.15, 0.2) is 0 Å². The number of benzene rings is 3. The summed E-state index contributed by atoms with van der Waals surface area (Å²) in [6.45, 7) is 0.471. The maximum atomic E-state index is 13.0. The van der Waals surface area contributed by atoms with Crippen LogP contribution in [-0.2, 0) is 11.3 Å². The number of carbonyl (C=O) groups excluding carboxylic acids is 1. The zero-order chi connectivity index (χ0) is 23.3. The summed E-state index contributed by atoms with van der Waals surface area (Å²) >= 11 is 0. The van der Waals surface area contributed by atoms with Gasteiger partial charge in [0.2, 0.25) is 5.91 Å². The summed E-state index contributed by atoms with van der Waals surface area (Å²) in [5.74, 6) is 1.13. The fourth-order valence-electron chi connectivity index (χ4n) is 4.05. The molecule has 8 heteroatoms. The second kappa shape index (κ2) is 9.58. The first-order valence-corrected chi connectivity index (χ1v) is 11.0. The Hall–Kier alpha value is -4.46. The van der Waals surface area contributed by atoms with Gasteiger partial charge in [-0.3, -0.25) is 9.69 Å². The van der Waals surface area contributed by atoms with E-state index < -0.39 is 0 Å². The van der Waals surface area contributed by atoms with E-state index in [4.69, 9.17) is 4.74 Å². The maximum absolute atomic E-state index is 13.0. The summed E-state index contributed by atoms with van der Waals surface area (Å²) in [4.78, 5) is 14.9. The SMILES string of the molecule is COc1cccc(CNC(=O)CN2C(c3ccccc3)=C[C@H](c3ccccc3)n3nnnc32)c1. The molecular formula is C26H24N6O2. The van der Waals surface area contributed by atoms with Crippen molar-refractivity contribution in [1.82, 2.24) is 25.5 Å². The monoisotopic (exact) mass is 452 g/mol. The largest absolute Gasteiger partial charge is 0.497 e. The maximum Gasteiger partial charge on any atom is 0.251 e. The number of tetrazole rings is 1. The molecule has 34 heavy (non-hydrogen) atoms. The Balaban J connectivity index is 1.43. The standard InChI is InChI=1S/C26H24N6O2/c1-34-22-14-8-9-19(15-22)17-27-25(33)18-31-23(20-10-4-2-5-11-20)16-24(21-12-6-3-7-13-21)32-26(31)28-29-30-32/h2-16,24H,17-18H2,1H3,(H,27,33)/t24-/m1/s1. The number of fused-ring (bicyclic) bond motifs is 1. The lowest BCUT2D eigenvalue weighted by atomic mass is 10.0. The van der Waals surface area contributed by atoms with Crippen LogP contribution < -0.4 is 15.0 Å². The van der Waals surface area contributed by atoms with Crippen LogP contribution in [-0.4, -0.2) is 39.8 Å². The number of anilines is 1. The van der Waals surface area contributed by atoms with E-state index in [9.17, 15) is 4.79 Å². The summed E-state index contributed by atoms with van der Waals surface area (Å²) in [7, 11) is 1.62. The molecule has 170 valence electrons. The molecule has 0 spiro atoms. The average Bonchev–Trinajstić information content (AvgIpc) is 3.39. The summed E-state index contributed by atoms with van der Waals surface area (Å²) in [6.07, 6.45) is 2.10. The molecule has 0 unspecified atom stereocenters. The number of allylic oxidation sites excluding steroid dienone is 1. The second-order valence-electron chi connectivity index (χ2n) is 7.91. The minimum atomic E-state index is -0.183. The molecule has 0 saturated carbocycles. The molecule has 2 heterocycles. The van der Waals surface area contributed by atoms with Gasteiger partial charge in [0, 0.05) is 6.54 Å². The van der Waals surface area contributed by atoms with E-state index in [-0.39, 0.29) is 18.5 Å². The minimum Gasteiger partial charge on any atom is -0.497 e. The number of carbonyl (C=O) groups is 1. The topological polar surface area (TPSA) is 85.2 Å². The first-order valence-electron chi connectivity index (χ1n) is 11.0. The van der Waals surface area contributed by atoms with E-state index >= 15 is 0 Å². The Bertz CT molecular complexity index is 1300. The van der Waals surface area contributed by atoms with Crippen LogP contribution in [0.25, 0.3) is 5.70 Å². The molecular weight excluding hydrogens is 428 g/mol. The highest BCUT2D eigenvalue weighted by Crippen LogP contribution is 2.35. The van der Waals surface area contributed by atoms with Gasteiger partial charge in [-0.2, -0.15) is 4.68 Å². The molecule has 1 N–H and O–H groups in total. The van der Waals surface area contributed by atoms with Crippen LogP contribution in [0.2, 0.25) is 0 Å². The van der Waals surface area contributed by atoms with Crippen LogP contribution in [0.3, 0.4) is 0 Å². The lowest BCUT2D eigenvalue weighted by Gasteiger charge is -2.32. The van der Waals surface area contributed by atoms with E-state index in [1.807, 2.05) is 89.8 Å². The van der Waals surface area contributed by atoms with Crippen molar-refractivity contribution in [3.63, 3.8) is 0 Å². The van der Waals surface area contributed by atoms with Crippen LogP contribution in [0.4, 0.5) is 5.95 Å². The lowest BCUT2D eigenvalue weighted by Crippen LogP contribution is -2.39. The molecule has 0 saturated heterocycles.